The largest absolute Gasteiger partial charge is 0.573 e. The highest BCUT2D eigenvalue weighted by atomic mass is 79.9. The van der Waals surface area contributed by atoms with Crippen LogP contribution in [0.15, 0.2) is 33.7 Å². The number of hydrogen-bond acceptors (Lipinski definition) is 4. The van der Waals surface area contributed by atoms with Crippen molar-refractivity contribution < 1.29 is 22.7 Å². The van der Waals surface area contributed by atoms with E-state index in [0.29, 0.717) is 23.1 Å². The first-order chi connectivity index (χ1) is 12.2. The van der Waals surface area contributed by atoms with Crippen LogP contribution in [0.3, 0.4) is 0 Å². The van der Waals surface area contributed by atoms with Gasteiger partial charge in [0.15, 0.2) is 0 Å². The van der Waals surface area contributed by atoms with Gasteiger partial charge < -0.3 is 9.64 Å². The number of carbonyl (C=O) groups is 1. The van der Waals surface area contributed by atoms with Crippen LogP contribution >= 0.6 is 15.9 Å². The van der Waals surface area contributed by atoms with Gasteiger partial charge in [-0.15, -0.1) is 13.2 Å². The van der Waals surface area contributed by atoms with Crippen LogP contribution in [0.2, 0.25) is 0 Å². The fraction of sp³-hybridized carbons (Fsp3) is 0.312. The second kappa shape index (κ2) is 6.75. The minimum Gasteiger partial charge on any atom is -0.406 e. The Morgan fingerprint density at radius 2 is 1.88 bits per heavy atom. The van der Waals surface area contributed by atoms with Crippen LogP contribution in [-0.2, 0) is 17.8 Å². The minimum atomic E-state index is -4.79. The predicted molar refractivity (Wildman–Crippen MR) is 89.0 cm³/mol. The average Bonchev–Trinajstić information content (AvgIpc) is 2.57. The normalized spacial score (nSPS) is 14.1. The molecule has 1 amide bonds. The van der Waals surface area contributed by atoms with E-state index in [4.69, 9.17) is 0 Å². The highest BCUT2D eigenvalue weighted by Gasteiger charge is 2.31. The zero-order valence-corrected chi connectivity index (χ0v) is 15.1. The van der Waals surface area contributed by atoms with Crippen molar-refractivity contribution in [1.29, 1.82) is 0 Å². The summed E-state index contributed by atoms with van der Waals surface area (Å²) in [6.07, 6.45) is -4.29. The minimum absolute atomic E-state index is 0.136. The van der Waals surface area contributed by atoms with Crippen LogP contribution < -0.4 is 10.3 Å². The zero-order valence-electron chi connectivity index (χ0n) is 13.5. The smallest absolute Gasteiger partial charge is 0.406 e. The van der Waals surface area contributed by atoms with E-state index in [1.807, 2.05) is 0 Å². The van der Waals surface area contributed by atoms with Gasteiger partial charge in [0.25, 0.3) is 5.56 Å². The van der Waals surface area contributed by atoms with Gasteiger partial charge in [0.2, 0.25) is 5.91 Å². The summed E-state index contributed by atoms with van der Waals surface area (Å²) < 4.78 is 42.1. The van der Waals surface area contributed by atoms with Crippen LogP contribution in [0.4, 0.5) is 13.2 Å². The Hall–Kier alpha value is -2.36. The van der Waals surface area contributed by atoms with Gasteiger partial charge in [0.1, 0.15) is 10.4 Å². The van der Waals surface area contributed by atoms with Crippen LogP contribution in [-0.4, -0.2) is 33.5 Å². The molecule has 1 aliphatic rings. The maximum atomic E-state index is 12.8. The van der Waals surface area contributed by atoms with Gasteiger partial charge in [0.05, 0.1) is 12.2 Å². The number of benzene rings is 1. The Kier molecular flexibility index (Phi) is 4.78. The molecule has 0 radical (unpaired) electrons. The van der Waals surface area contributed by atoms with E-state index in [-0.39, 0.29) is 18.1 Å². The SMILES string of the molecule is CC(=O)N1CCc2c(Br)nn(-c3ccc(OC(F)(F)F)cc3)c(=O)c2C1. The Bertz CT molecular complexity index is 910. The first kappa shape index (κ1) is 18.4. The van der Waals surface area contributed by atoms with E-state index in [9.17, 15) is 22.8 Å². The first-order valence-electron chi connectivity index (χ1n) is 7.58. The predicted octanol–water partition coefficient (Wildman–Crippen LogP) is 2.80. The molecule has 0 aliphatic carbocycles. The van der Waals surface area contributed by atoms with Crippen LogP contribution in [0.1, 0.15) is 18.1 Å². The quantitative estimate of drug-likeness (QED) is 0.733. The molecule has 2 aromatic rings. The summed E-state index contributed by atoms with van der Waals surface area (Å²) in [7, 11) is 0. The lowest BCUT2D eigenvalue weighted by Crippen LogP contribution is -2.40. The Balaban J connectivity index is 1.99. The molecule has 0 atom stereocenters. The lowest BCUT2D eigenvalue weighted by molar-refractivity contribution is -0.274. The molecule has 26 heavy (non-hydrogen) atoms. The van der Waals surface area contributed by atoms with Crippen molar-refractivity contribution in [3.8, 4) is 11.4 Å². The number of alkyl halides is 3. The summed E-state index contributed by atoms with van der Waals surface area (Å²) in [5.74, 6) is -0.530. The summed E-state index contributed by atoms with van der Waals surface area (Å²) in [6.45, 7) is 2.09. The van der Waals surface area contributed by atoms with Crippen molar-refractivity contribution in [2.24, 2.45) is 0 Å². The summed E-state index contributed by atoms with van der Waals surface area (Å²) >= 11 is 3.33. The van der Waals surface area contributed by atoms with Crippen molar-refractivity contribution in [2.75, 3.05) is 6.54 Å². The lowest BCUT2D eigenvalue weighted by Gasteiger charge is -2.28. The first-order valence-corrected chi connectivity index (χ1v) is 8.37. The molecule has 2 heterocycles. The number of fused-ring (bicyclic) bond motifs is 1. The number of ether oxygens (including phenoxy) is 1. The van der Waals surface area contributed by atoms with Gasteiger partial charge in [-0.3, -0.25) is 9.59 Å². The Morgan fingerprint density at radius 1 is 1.23 bits per heavy atom. The molecule has 0 bridgehead atoms. The molecule has 6 nitrogen and oxygen atoms in total. The standard InChI is InChI=1S/C16H13BrF3N3O3/c1-9(24)22-7-6-12-13(8-22)15(25)23(21-14(12)17)10-2-4-11(5-3-10)26-16(18,19)20/h2-5H,6-8H2,1H3. The van der Waals surface area contributed by atoms with E-state index in [0.717, 1.165) is 22.4 Å². The fourth-order valence-electron chi connectivity index (χ4n) is 2.74. The van der Waals surface area contributed by atoms with Crippen LogP contribution in [0.5, 0.6) is 5.75 Å². The summed E-state index contributed by atoms with van der Waals surface area (Å²) in [5, 5.41) is 4.18. The number of amides is 1. The third-order valence-electron chi connectivity index (χ3n) is 3.99. The molecule has 0 fully saturated rings. The third-order valence-corrected chi connectivity index (χ3v) is 4.63. The maximum Gasteiger partial charge on any atom is 0.573 e. The molecule has 0 saturated carbocycles. The van der Waals surface area contributed by atoms with Gasteiger partial charge in [0, 0.05) is 19.0 Å². The van der Waals surface area contributed by atoms with E-state index in [1.54, 1.807) is 4.90 Å². The molecular formula is C16H13BrF3N3O3. The van der Waals surface area contributed by atoms with Crippen molar-refractivity contribution in [3.63, 3.8) is 0 Å². The fourth-order valence-corrected chi connectivity index (χ4v) is 3.34. The summed E-state index contributed by atoms with van der Waals surface area (Å²) in [4.78, 5) is 25.9. The molecule has 1 aliphatic heterocycles. The number of halogens is 4. The average molecular weight is 432 g/mol. The van der Waals surface area contributed by atoms with E-state index >= 15 is 0 Å². The number of carbonyl (C=O) groups excluding carboxylic acids is 1. The Labute approximate surface area is 154 Å². The maximum absolute atomic E-state index is 12.8. The van der Waals surface area contributed by atoms with Crippen molar-refractivity contribution >= 4 is 21.8 Å². The van der Waals surface area contributed by atoms with E-state index < -0.39 is 17.7 Å². The van der Waals surface area contributed by atoms with Crippen LogP contribution in [0, 0.1) is 0 Å². The van der Waals surface area contributed by atoms with Crippen molar-refractivity contribution in [2.45, 2.75) is 26.3 Å². The van der Waals surface area contributed by atoms with E-state index in [1.165, 1.54) is 19.1 Å². The molecule has 1 aromatic heterocycles. The number of nitrogens with zero attached hydrogens (tertiary/aromatic N) is 3. The second-order valence-electron chi connectivity index (χ2n) is 5.70. The molecule has 0 saturated heterocycles. The van der Waals surface area contributed by atoms with Gasteiger partial charge in [-0.25, -0.2) is 0 Å². The molecular weight excluding hydrogens is 419 g/mol. The molecule has 10 heteroatoms. The summed E-state index contributed by atoms with van der Waals surface area (Å²) in [6, 6.07) is 4.82. The topological polar surface area (TPSA) is 64.4 Å². The van der Waals surface area contributed by atoms with Gasteiger partial charge in [-0.05, 0) is 52.2 Å². The molecule has 0 spiro atoms. The van der Waals surface area contributed by atoms with Crippen molar-refractivity contribution in [1.82, 2.24) is 14.7 Å². The molecule has 138 valence electrons. The van der Waals surface area contributed by atoms with Crippen LogP contribution in [0.25, 0.3) is 5.69 Å². The molecule has 3 rings (SSSR count). The number of rotatable bonds is 2. The molecule has 1 aromatic carbocycles. The Morgan fingerprint density at radius 3 is 2.46 bits per heavy atom. The summed E-state index contributed by atoms with van der Waals surface area (Å²) in [5.41, 5.74) is 1.04. The lowest BCUT2D eigenvalue weighted by atomic mass is 10.0. The van der Waals surface area contributed by atoms with Gasteiger partial charge >= 0.3 is 6.36 Å². The zero-order chi connectivity index (χ0) is 19.1. The number of hydrogen-bond donors (Lipinski definition) is 0. The molecule has 0 N–H and O–H groups in total. The third kappa shape index (κ3) is 3.74. The van der Waals surface area contributed by atoms with Gasteiger partial charge in [-0.2, -0.15) is 9.78 Å². The van der Waals surface area contributed by atoms with E-state index in [2.05, 4.69) is 25.8 Å². The van der Waals surface area contributed by atoms with Gasteiger partial charge in [-0.1, -0.05) is 0 Å². The highest BCUT2D eigenvalue weighted by Crippen LogP contribution is 2.25. The number of aromatic nitrogens is 2. The highest BCUT2D eigenvalue weighted by molar-refractivity contribution is 9.10. The monoisotopic (exact) mass is 431 g/mol. The second-order valence-corrected chi connectivity index (χ2v) is 6.45. The molecule has 0 unspecified atom stereocenters. The van der Waals surface area contributed by atoms with Crippen molar-refractivity contribution in [3.05, 3.63) is 50.3 Å².